The van der Waals surface area contributed by atoms with Crippen LogP contribution in [0.3, 0.4) is 0 Å². The molecule has 0 aliphatic heterocycles. The summed E-state index contributed by atoms with van der Waals surface area (Å²) in [7, 11) is 1.74. The number of aromatic nitrogens is 1. The van der Waals surface area contributed by atoms with Gasteiger partial charge < -0.3 is 14.6 Å². The highest BCUT2D eigenvalue weighted by atomic mass is 35.5. The van der Waals surface area contributed by atoms with Crippen molar-refractivity contribution in [2.24, 2.45) is 0 Å². The normalized spacial score (nSPS) is 13.8. The molecule has 0 bridgehead atoms. The first kappa shape index (κ1) is 16.3. The second-order valence-electron chi connectivity index (χ2n) is 6.62. The minimum Gasteiger partial charge on any atom is -0.380 e. The number of nitrogens with zero attached hydrogens (tertiary/aromatic N) is 1. The van der Waals surface area contributed by atoms with E-state index in [-0.39, 0.29) is 11.6 Å². The van der Waals surface area contributed by atoms with Crippen LogP contribution >= 0.6 is 11.6 Å². The van der Waals surface area contributed by atoms with Gasteiger partial charge in [-0.05, 0) is 45.4 Å². The van der Waals surface area contributed by atoms with Gasteiger partial charge in [0.25, 0.3) is 0 Å². The van der Waals surface area contributed by atoms with Crippen molar-refractivity contribution in [2.75, 3.05) is 7.11 Å². The number of hydrogen-bond donors (Lipinski definition) is 1. The molecule has 1 aromatic heterocycles. The van der Waals surface area contributed by atoms with Crippen molar-refractivity contribution >= 4 is 22.5 Å². The molecule has 0 spiro atoms. The van der Waals surface area contributed by atoms with E-state index >= 15 is 0 Å². The topological polar surface area (TPSA) is 26.2 Å². The Labute approximate surface area is 132 Å². The van der Waals surface area contributed by atoms with Crippen LogP contribution in [-0.4, -0.2) is 23.3 Å². The van der Waals surface area contributed by atoms with Crippen molar-refractivity contribution in [1.29, 1.82) is 0 Å². The van der Waals surface area contributed by atoms with Crippen molar-refractivity contribution in [3.05, 3.63) is 35.0 Å². The van der Waals surface area contributed by atoms with Gasteiger partial charge in [0.15, 0.2) is 0 Å². The first-order valence-electron chi connectivity index (χ1n) is 7.35. The average molecular weight is 309 g/mol. The van der Waals surface area contributed by atoms with Crippen LogP contribution in [0.25, 0.3) is 10.9 Å². The first-order valence-corrected chi connectivity index (χ1v) is 7.73. The fourth-order valence-electron chi connectivity index (χ4n) is 2.35. The summed E-state index contributed by atoms with van der Waals surface area (Å²) in [4.78, 5) is 0. The first-order chi connectivity index (χ1) is 9.80. The van der Waals surface area contributed by atoms with Gasteiger partial charge in [0.1, 0.15) is 0 Å². The molecule has 2 rings (SSSR count). The van der Waals surface area contributed by atoms with Crippen LogP contribution in [-0.2, 0) is 17.8 Å². The molecule has 1 atom stereocenters. The summed E-state index contributed by atoms with van der Waals surface area (Å²) >= 11 is 6.16. The zero-order valence-corrected chi connectivity index (χ0v) is 14.3. The minimum atomic E-state index is 0.0979. The molecule has 4 heteroatoms. The molecule has 0 saturated carbocycles. The van der Waals surface area contributed by atoms with Gasteiger partial charge in [0.2, 0.25) is 0 Å². The molecule has 1 N–H and O–H groups in total. The maximum Gasteiger partial charge on any atom is 0.0722 e. The number of halogens is 1. The summed E-state index contributed by atoms with van der Waals surface area (Å²) in [5.41, 5.74) is 2.55. The number of rotatable bonds is 5. The van der Waals surface area contributed by atoms with Gasteiger partial charge in [-0.2, -0.15) is 0 Å². The van der Waals surface area contributed by atoms with Crippen LogP contribution in [0, 0.1) is 0 Å². The molecule has 0 saturated heterocycles. The lowest BCUT2D eigenvalue weighted by atomic mass is 10.1. The maximum absolute atomic E-state index is 6.16. The van der Waals surface area contributed by atoms with E-state index in [1.54, 1.807) is 7.11 Å². The van der Waals surface area contributed by atoms with E-state index in [1.807, 2.05) is 12.1 Å². The SMILES string of the molecule is COC(C)Cn1cc(CNC(C)(C)C)c2ccc(Cl)cc21. The Hall–Kier alpha value is -1.03. The second kappa shape index (κ2) is 6.39. The van der Waals surface area contributed by atoms with E-state index in [1.165, 1.54) is 10.9 Å². The second-order valence-corrected chi connectivity index (χ2v) is 7.05. The summed E-state index contributed by atoms with van der Waals surface area (Å²) in [5.74, 6) is 0. The lowest BCUT2D eigenvalue weighted by molar-refractivity contribution is 0.104. The molecule has 0 aliphatic rings. The Morgan fingerprint density at radius 1 is 1.33 bits per heavy atom. The van der Waals surface area contributed by atoms with Gasteiger partial charge in [-0.1, -0.05) is 17.7 Å². The highest BCUT2D eigenvalue weighted by Crippen LogP contribution is 2.25. The van der Waals surface area contributed by atoms with Crippen molar-refractivity contribution in [3.63, 3.8) is 0 Å². The standard InChI is InChI=1S/C17H25ClN2O/c1-12(21-5)10-20-11-13(9-19-17(2,3)4)15-7-6-14(18)8-16(15)20/h6-8,11-12,19H,9-10H2,1-5H3. The van der Waals surface area contributed by atoms with E-state index < -0.39 is 0 Å². The van der Waals surface area contributed by atoms with E-state index in [9.17, 15) is 0 Å². The van der Waals surface area contributed by atoms with Gasteiger partial charge >= 0.3 is 0 Å². The molecule has 1 unspecified atom stereocenters. The van der Waals surface area contributed by atoms with E-state index in [0.29, 0.717) is 0 Å². The number of ether oxygens (including phenoxy) is 1. The molecular formula is C17H25ClN2O. The number of fused-ring (bicyclic) bond motifs is 1. The summed E-state index contributed by atoms with van der Waals surface area (Å²) in [6.07, 6.45) is 2.37. The minimum absolute atomic E-state index is 0.0979. The molecule has 116 valence electrons. The van der Waals surface area contributed by atoms with Crippen molar-refractivity contribution < 1.29 is 4.74 Å². The third kappa shape index (κ3) is 4.22. The molecule has 2 aromatic rings. The average Bonchev–Trinajstić information content (AvgIpc) is 2.73. The smallest absolute Gasteiger partial charge is 0.0722 e. The van der Waals surface area contributed by atoms with Gasteiger partial charge in [-0.15, -0.1) is 0 Å². The van der Waals surface area contributed by atoms with Crippen molar-refractivity contribution in [3.8, 4) is 0 Å². The Morgan fingerprint density at radius 3 is 2.67 bits per heavy atom. The number of nitrogens with one attached hydrogen (secondary N) is 1. The predicted octanol–water partition coefficient (Wildman–Crippen LogP) is 4.22. The lowest BCUT2D eigenvalue weighted by Crippen LogP contribution is -2.35. The fraction of sp³-hybridized carbons (Fsp3) is 0.529. The van der Waals surface area contributed by atoms with E-state index in [2.05, 4.69) is 49.8 Å². The van der Waals surface area contributed by atoms with Gasteiger partial charge in [-0.3, -0.25) is 0 Å². The molecule has 0 fully saturated rings. The Bertz CT molecular complexity index is 613. The van der Waals surface area contributed by atoms with E-state index in [0.717, 1.165) is 23.6 Å². The number of hydrogen-bond acceptors (Lipinski definition) is 2. The zero-order chi connectivity index (χ0) is 15.6. The van der Waals surface area contributed by atoms with Gasteiger partial charge in [0.05, 0.1) is 6.10 Å². The largest absolute Gasteiger partial charge is 0.380 e. The van der Waals surface area contributed by atoms with E-state index in [4.69, 9.17) is 16.3 Å². The van der Waals surface area contributed by atoms with Crippen molar-refractivity contribution in [2.45, 2.75) is 52.4 Å². The third-order valence-electron chi connectivity index (χ3n) is 3.59. The zero-order valence-electron chi connectivity index (χ0n) is 13.5. The number of benzene rings is 1. The molecule has 0 amide bonds. The van der Waals surface area contributed by atoms with Crippen LogP contribution in [0.2, 0.25) is 5.02 Å². The van der Waals surface area contributed by atoms with Crippen LogP contribution in [0.5, 0.6) is 0 Å². The Morgan fingerprint density at radius 2 is 2.05 bits per heavy atom. The molecule has 1 heterocycles. The monoisotopic (exact) mass is 308 g/mol. The van der Waals surface area contributed by atoms with Crippen LogP contribution < -0.4 is 5.32 Å². The molecule has 0 aliphatic carbocycles. The summed E-state index contributed by atoms with van der Waals surface area (Å²) < 4.78 is 7.62. The summed E-state index contributed by atoms with van der Waals surface area (Å²) in [6, 6.07) is 6.08. The highest BCUT2D eigenvalue weighted by Gasteiger charge is 2.14. The fourth-order valence-corrected chi connectivity index (χ4v) is 2.51. The summed E-state index contributed by atoms with van der Waals surface area (Å²) in [5, 5.41) is 5.56. The number of methoxy groups -OCH3 is 1. The third-order valence-corrected chi connectivity index (χ3v) is 3.83. The van der Waals surface area contributed by atoms with Crippen LogP contribution in [0.1, 0.15) is 33.3 Å². The van der Waals surface area contributed by atoms with Crippen LogP contribution in [0.4, 0.5) is 0 Å². The maximum atomic E-state index is 6.16. The molecule has 3 nitrogen and oxygen atoms in total. The lowest BCUT2D eigenvalue weighted by Gasteiger charge is -2.20. The van der Waals surface area contributed by atoms with Crippen LogP contribution in [0.15, 0.2) is 24.4 Å². The van der Waals surface area contributed by atoms with Gasteiger partial charge in [-0.25, -0.2) is 0 Å². The highest BCUT2D eigenvalue weighted by molar-refractivity contribution is 6.31. The van der Waals surface area contributed by atoms with Crippen molar-refractivity contribution in [1.82, 2.24) is 9.88 Å². The quantitative estimate of drug-likeness (QED) is 0.895. The van der Waals surface area contributed by atoms with Gasteiger partial charge in [0, 0.05) is 47.9 Å². The Kier molecular flexibility index (Phi) is 4.97. The predicted molar refractivity (Wildman–Crippen MR) is 90.0 cm³/mol. The molecule has 0 radical (unpaired) electrons. The molecule has 21 heavy (non-hydrogen) atoms. The molecule has 1 aromatic carbocycles. The Balaban J connectivity index is 2.37. The molecular weight excluding hydrogens is 284 g/mol. The summed E-state index contributed by atoms with van der Waals surface area (Å²) in [6.45, 7) is 10.3.